The topological polar surface area (TPSA) is 80.8 Å². The number of halogens is 1. The highest BCUT2D eigenvalue weighted by atomic mass is 35.5. The van der Waals surface area contributed by atoms with Gasteiger partial charge >= 0.3 is 5.97 Å². The number of esters is 1. The summed E-state index contributed by atoms with van der Waals surface area (Å²) in [6, 6.07) is 10.9. The molecular formula is C26H28ClN3O4. The second-order valence-electron chi connectivity index (χ2n) is 8.38. The summed E-state index contributed by atoms with van der Waals surface area (Å²) in [6.07, 6.45) is 1.81. The Balaban J connectivity index is 1.56. The van der Waals surface area contributed by atoms with Gasteiger partial charge in [0.15, 0.2) is 6.61 Å². The van der Waals surface area contributed by atoms with Crippen LogP contribution in [0.25, 0.3) is 10.9 Å². The number of nitrogens with one attached hydrogen (secondary N) is 1. The molecule has 0 unspecified atom stereocenters. The van der Waals surface area contributed by atoms with Gasteiger partial charge in [0.25, 0.3) is 5.91 Å². The zero-order valence-electron chi connectivity index (χ0n) is 19.6. The van der Waals surface area contributed by atoms with E-state index < -0.39 is 18.5 Å². The standard InChI is InChI=1S/C26H28ClN3O4/c1-4-10-30-11-9-21-18(14-30)25(17-7-5-6-8-20(17)28-21)26(32)34-15-24(31)29-22-12-16(2)19(27)13-23(22)33-3/h5-8,12-13H,4,9-11,14-15H2,1-3H3,(H,29,31). The Bertz CT molecular complexity index is 1240. The maximum atomic E-state index is 13.3. The van der Waals surface area contributed by atoms with Crippen molar-refractivity contribution >= 4 is 40.1 Å². The molecule has 2 heterocycles. The van der Waals surface area contributed by atoms with Gasteiger partial charge in [-0.05, 0) is 37.6 Å². The van der Waals surface area contributed by atoms with Crippen molar-refractivity contribution in [3.8, 4) is 5.75 Å². The number of hydrogen-bond acceptors (Lipinski definition) is 6. The molecule has 1 aromatic heterocycles. The van der Waals surface area contributed by atoms with Crippen LogP contribution in [0.1, 0.15) is 40.5 Å². The van der Waals surface area contributed by atoms with Gasteiger partial charge in [0.2, 0.25) is 0 Å². The summed E-state index contributed by atoms with van der Waals surface area (Å²) < 4.78 is 10.8. The molecule has 0 aliphatic carbocycles. The summed E-state index contributed by atoms with van der Waals surface area (Å²) in [6.45, 7) is 6.04. The van der Waals surface area contributed by atoms with Gasteiger partial charge in [-0.25, -0.2) is 4.79 Å². The number of carbonyl (C=O) groups excluding carboxylic acids is 2. The number of aromatic nitrogens is 1. The van der Waals surface area contributed by atoms with Crippen LogP contribution in [0.3, 0.4) is 0 Å². The van der Waals surface area contributed by atoms with E-state index in [1.807, 2.05) is 31.2 Å². The third-order valence-electron chi connectivity index (χ3n) is 5.96. The molecule has 1 aliphatic rings. The first-order valence-electron chi connectivity index (χ1n) is 11.3. The summed E-state index contributed by atoms with van der Waals surface area (Å²) in [5, 5.41) is 4.01. The predicted molar refractivity (Wildman–Crippen MR) is 133 cm³/mol. The van der Waals surface area contributed by atoms with Crippen LogP contribution in [0.15, 0.2) is 36.4 Å². The smallest absolute Gasteiger partial charge is 0.339 e. The maximum absolute atomic E-state index is 13.3. The molecule has 2 aromatic carbocycles. The highest BCUT2D eigenvalue weighted by Gasteiger charge is 2.26. The summed E-state index contributed by atoms with van der Waals surface area (Å²) >= 11 is 6.14. The van der Waals surface area contributed by atoms with E-state index in [0.29, 0.717) is 28.6 Å². The van der Waals surface area contributed by atoms with Crippen LogP contribution in [0.5, 0.6) is 5.75 Å². The number of amides is 1. The molecule has 0 atom stereocenters. The average Bonchev–Trinajstić information content (AvgIpc) is 2.83. The fraction of sp³-hybridized carbons (Fsp3) is 0.346. The first-order chi connectivity index (χ1) is 16.4. The van der Waals surface area contributed by atoms with E-state index in [9.17, 15) is 9.59 Å². The molecule has 0 radical (unpaired) electrons. The minimum Gasteiger partial charge on any atom is -0.495 e. The van der Waals surface area contributed by atoms with Crippen molar-refractivity contribution in [2.45, 2.75) is 33.2 Å². The van der Waals surface area contributed by atoms with Crippen molar-refractivity contribution in [3.63, 3.8) is 0 Å². The predicted octanol–water partition coefficient (Wildman–Crippen LogP) is 4.77. The van der Waals surface area contributed by atoms with Crippen molar-refractivity contribution in [1.29, 1.82) is 0 Å². The van der Waals surface area contributed by atoms with Gasteiger partial charge in [-0.2, -0.15) is 0 Å². The molecule has 8 heteroatoms. The van der Waals surface area contributed by atoms with E-state index in [-0.39, 0.29) is 0 Å². The molecule has 0 saturated carbocycles. The van der Waals surface area contributed by atoms with Crippen LogP contribution in [-0.2, 0) is 22.5 Å². The third kappa shape index (κ3) is 5.00. The number of para-hydroxylation sites is 1. The molecule has 4 rings (SSSR count). The molecule has 1 amide bonds. The number of hydrogen-bond donors (Lipinski definition) is 1. The lowest BCUT2D eigenvalue weighted by Crippen LogP contribution is -2.33. The Kier molecular flexibility index (Phi) is 7.34. The van der Waals surface area contributed by atoms with E-state index in [1.165, 1.54) is 7.11 Å². The molecular weight excluding hydrogens is 454 g/mol. The highest BCUT2D eigenvalue weighted by molar-refractivity contribution is 6.31. The molecule has 0 saturated heterocycles. The summed E-state index contributed by atoms with van der Waals surface area (Å²) in [7, 11) is 1.50. The van der Waals surface area contributed by atoms with Crippen molar-refractivity contribution in [2.24, 2.45) is 0 Å². The Morgan fingerprint density at radius 1 is 1.24 bits per heavy atom. The molecule has 1 aliphatic heterocycles. The zero-order valence-corrected chi connectivity index (χ0v) is 20.4. The second-order valence-corrected chi connectivity index (χ2v) is 8.79. The van der Waals surface area contributed by atoms with Crippen molar-refractivity contribution in [3.05, 3.63) is 63.8 Å². The van der Waals surface area contributed by atoms with Crippen LogP contribution in [0.2, 0.25) is 5.02 Å². The van der Waals surface area contributed by atoms with Crippen LogP contribution in [0, 0.1) is 6.92 Å². The van der Waals surface area contributed by atoms with Crippen molar-refractivity contribution in [1.82, 2.24) is 9.88 Å². The lowest BCUT2D eigenvalue weighted by molar-refractivity contribution is -0.119. The molecule has 7 nitrogen and oxygen atoms in total. The van der Waals surface area contributed by atoms with E-state index >= 15 is 0 Å². The second kappa shape index (κ2) is 10.4. The minimum atomic E-state index is -0.525. The molecule has 0 spiro atoms. The normalized spacial score (nSPS) is 13.4. The number of methoxy groups -OCH3 is 1. The van der Waals surface area contributed by atoms with Gasteiger partial charge in [0, 0.05) is 47.2 Å². The van der Waals surface area contributed by atoms with Crippen LogP contribution < -0.4 is 10.1 Å². The van der Waals surface area contributed by atoms with Gasteiger partial charge in [0.1, 0.15) is 5.75 Å². The largest absolute Gasteiger partial charge is 0.495 e. The lowest BCUT2D eigenvalue weighted by Gasteiger charge is -2.29. The quantitative estimate of drug-likeness (QED) is 0.490. The first-order valence-corrected chi connectivity index (χ1v) is 11.7. The fourth-order valence-corrected chi connectivity index (χ4v) is 4.46. The summed E-state index contributed by atoms with van der Waals surface area (Å²) in [5.74, 6) is -0.559. The number of anilines is 1. The molecule has 3 aromatic rings. The Labute approximate surface area is 204 Å². The number of nitrogens with zero attached hydrogens (tertiary/aromatic N) is 2. The van der Waals surface area contributed by atoms with Crippen molar-refractivity contribution in [2.75, 3.05) is 32.1 Å². The van der Waals surface area contributed by atoms with Crippen LogP contribution in [0.4, 0.5) is 5.69 Å². The van der Waals surface area contributed by atoms with E-state index in [0.717, 1.165) is 53.7 Å². The van der Waals surface area contributed by atoms with Gasteiger partial charge in [-0.15, -0.1) is 0 Å². The highest BCUT2D eigenvalue weighted by Crippen LogP contribution is 2.31. The Hall–Kier alpha value is -3.16. The van der Waals surface area contributed by atoms with Gasteiger partial charge < -0.3 is 14.8 Å². The van der Waals surface area contributed by atoms with E-state index in [1.54, 1.807) is 12.1 Å². The van der Waals surface area contributed by atoms with Crippen LogP contribution in [-0.4, -0.2) is 48.6 Å². The minimum absolute atomic E-state index is 0.423. The summed E-state index contributed by atoms with van der Waals surface area (Å²) in [5.41, 5.74) is 4.31. The molecule has 0 fully saturated rings. The Morgan fingerprint density at radius 2 is 2.03 bits per heavy atom. The monoisotopic (exact) mass is 481 g/mol. The fourth-order valence-electron chi connectivity index (χ4n) is 4.31. The van der Waals surface area contributed by atoms with Gasteiger partial charge in [0.05, 0.1) is 23.9 Å². The van der Waals surface area contributed by atoms with Crippen molar-refractivity contribution < 1.29 is 19.1 Å². The van der Waals surface area contributed by atoms with Gasteiger partial charge in [-0.3, -0.25) is 14.7 Å². The number of benzene rings is 2. The molecule has 1 N–H and O–H groups in total. The third-order valence-corrected chi connectivity index (χ3v) is 6.37. The first kappa shape index (κ1) is 24.0. The molecule has 34 heavy (non-hydrogen) atoms. The number of aryl methyl sites for hydroxylation is 1. The SMILES string of the molecule is CCCN1CCc2nc3ccccc3c(C(=O)OCC(=O)Nc3cc(C)c(Cl)cc3OC)c2C1. The number of rotatable bonds is 7. The average molecular weight is 482 g/mol. The number of fused-ring (bicyclic) bond motifs is 2. The van der Waals surface area contributed by atoms with E-state index in [4.69, 9.17) is 26.1 Å². The molecule has 178 valence electrons. The lowest BCUT2D eigenvalue weighted by atomic mass is 9.95. The molecule has 0 bridgehead atoms. The van der Waals surface area contributed by atoms with E-state index in [2.05, 4.69) is 17.1 Å². The zero-order chi connectivity index (χ0) is 24.2. The van der Waals surface area contributed by atoms with Crippen LogP contribution >= 0.6 is 11.6 Å². The number of carbonyl (C=O) groups is 2. The summed E-state index contributed by atoms with van der Waals surface area (Å²) in [4.78, 5) is 33.0. The number of pyridine rings is 1. The maximum Gasteiger partial charge on any atom is 0.339 e. The van der Waals surface area contributed by atoms with Gasteiger partial charge in [-0.1, -0.05) is 36.7 Å². The number of ether oxygens (including phenoxy) is 2. The Morgan fingerprint density at radius 3 is 2.79 bits per heavy atom.